The van der Waals surface area contributed by atoms with Crippen molar-refractivity contribution in [3.05, 3.63) is 23.9 Å². The lowest BCUT2D eigenvalue weighted by Crippen LogP contribution is -2.26. The maximum absolute atomic E-state index is 12.4. The van der Waals surface area contributed by atoms with E-state index in [2.05, 4.69) is 10.3 Å². The van der Waals surface area contributed by atoms with Crippen molar-refractivity contribution in [1.82, 2.24) is 10.3 Å². The van der Waals surface area contributed by atoms with Crippen molar-refractivity contribution in [2.45, 2.75) is 36.1 Å². The van der Waals surface area contributed by atoms with E-state index in [1.807, 2.05) is 0 Å². The predicted octanol–water partition coefficient (Wildman–Crippen LogP) is 2.71. The summed E-state index contributed by atoms with van der Waals surface area (Å²) < 4.78 is 35.8. The molecule has 1 amide bonds. The SMILES string of the molecule is O=C(NCCCOCC1CCCO1)c1cccnc1SC(F)F. The van der Waals surface area contributed by atoms with Crippen molar-refractivity contribution in [3.63, 3.8) is 0 Å². The van der Waals surface area contributed by atoms with E-state index in [-0.39, 0.29) is 28.5 Å². The summed E-state index contributed by atoms with van der Waals surface area (Å²) in [6.07, 6.45) is 4.33. The highest BCUT2D eigenvalue weighted by Gasteiger charge is 2.17. The lowest BCUT2D eigenvalue weighted by Gasteiger charge is -2.11. The molecule has 1 aliphatic heterocycles. The van der Waals surface area contributed by atoms with Gasteiger partial charge < -0.3 is 14.8 Å². The number of aromatic nitrogens is 1. The van der Waals surface area contributed by atoms with Crippen LogP contribution in [0.5, 0.6) is 0 Å². The van der Waals surface area contributed by atoms with Crippen LogP contribution in [-0.4, -0.2) is 49.1 Å². The Kier molecular flexibility index (Phi) is 7.70. The second kappa shape index (κ2) is 9.79. The highest BCUT2D eigenvalue weighted by molar-refractivity contribution is 7.99. The third-order valence-electron chi connectivity index (χ3n) is 3.30. The molecule has 23 heavy (non-hydrogen) atoms. The van der Waals surface area contributed by atoms with Gasteiger partial charge in [0.2, 0.25) is 0 Å². The van der Waals surface area contributed by atoms with Gasteiger partial charge in [-0.25, -0.2) is 4.98 Å². The van der Waals surface area contributed by atoms with Crippen molar-refractivity contribution >= 4 is 17.7 Å². The molecule has 8 heteroatoms. The van der Waals surface area contributed by atoms with Crippen LogP contribution in [0.3, 0.4) is 0 Å². The Morgan fingerprint density at radius 2 is 2.43 bits per heavy atom. The fourth-order valence-corrected chi connectivity index (χ4v) is 2.78. The molecule has 0 aliphatic carbocycles. The molecule has 2 heterocycles. The Labute approximate surface area is 138 Å². The maximum atomic E-state index is 12.4. The smallest absolute Gasteiger partial charge is 0.290 e. The molecule has 2 rings (SSSR count). The molecule has 1 saturated heterocycles. The molecule has 0 saturated carbocycles. The average molecular weight is 346 g/mol. The number of amides is 1. The van der Waals surface area contributed by atoms with E-state index in [9.17, 15) is 13.6 Å². The molecule has 1 atom stereocenters. The highest BCUT2D eigenvalue weighted by Crippen LogP contribution is 2.26. The summed E-state index contributed by atoms with van der Waals surface area (Å²) in [5.74, 6) is -3.01. The first-order valence-corrected chi connectivity index (χ1v) is 8.42. The summed E-state index contributed by atoms with van der Waals surface area (Å²) in [5, 5.41) is 2.73. The maximum Gasteiger partial charge on any atom is 0.290 e. The molecule has 1 fully saturated rings. The second-order valence-electron chi connectivity index (χ2n) is 5.05. The summed E-state index contributed by atoms with van der Waals surface area (Å²) in [6, 6.07) is 3.04. The van der Waals surface area contributed by atoms with Gasteiger partial charge in [0, 0.05) is 26.0 Å². The summed E-state index contributed by atoms with van der Waals surface area (Å²) in [7, 11) is 0. The van der Waals surface area contributed by atoms with Crippen LogP contribution in [0, 0.1) is 0 Å². The fraction of sp³-hybridized carbons (Fsp3) is 0.600. The van der Waals surface area contributed by atoms with E-state index < -0.39 is 11.7 Å². The molecule has 0 radical (unpaired) electrons. The molecule has 0 aromatic carbocycles. The van der Waals surface area contributed by atoms with Crippen molar-refractivity contribution in [1.29, 1.82) is 0 Å². The number of nitrogens with one attached hydrogen (secondary N) is 1. The molecular formula is C15H20F2N2O3S. The Morgan fingerprint density at radius 3 is 3.17 bits per heavy atom. The number of ether oxygens (including phenoxy) is 2. The van der Waals surface area contributed by atoms with Gasteiger partial charge in [-0.15, -0.1) is 0 Å². The summed E-state index contributed by atoms with van der Waals surface area (Å²) in [6.45, 7) is 2.31. The van der Waals surface area contributed by atoms with E-state index in [1.165, 1.54) is 12.3 Å². The van der Waals surface area contributed by atoms with Crippen molar-refractivity contribution in [3.8, 4) is 0 Å². The van der Waals surface area contributed by atoms with E-state index in [0.29, 0.717) is 26.2 Å². The Balaban J connectivity index is 1.66. The van der Waals surface area contributed by atoms with Crippen LogP contribution in [0.4, 0.5) is 8.78 Å². The Bertz CT molecular complexity index is 499. The minimum absolute atomic E-state index is 0.0367. The molecule has 0 spiro atoms. The van der Waals surface area contributed by atoms with Crippen LogP contribution in [0.2, 0.25) is 0 Å². The first-order valence-electron chi connectivity index (χ1n) is 7.54. The molecule has 1 aliphatic rings. The van der Waals surface area contributed by atoms with Crippen LogP contribution >= 0.6 is 11.8 Å². The third kappa shape index (κ3) is 6.40. The van der Waals surface area contributed by atoms with Crippen molar-refractivity contribution in [2.24, 2.45) is 0 Å². The molecule has 0 bridgehead atoms. The molecule has 128 valence electrons. The fourth-order valence-electron chi connectivity index (χ4n) is 2.20. The zero-order valence-corrected chi connectivity index (χ0v) is 13.5. The van der Waals surface area contributed by atoms with Crippen LogP contribution in [0.1, 0.15) is 29.6 Å². The number of rotatable bonds is 9. The number of nitrogens with zero attached hydrogens (tertiary/aromatic N) is 1. The molecule has 1 aromatic heterocycles. The zero-order valence-electron chi connectivity index (χ0n) is 12.7. The van der Waals surface area contributed by atoms with Gasteiger partial charge in [0.1, 0.15) is 5.03 Å². The van der Waals surface area contributed by atoms with E-state index in [1.54, 1.807) is 6.07 Å². The molecular weight excluding hydrogens is 326 g/mol. The molecule has 1 N–H and O–H groups in total. The van der Waals surface area contributed by atoms with Gasteiger partial charge in [-0.3, -0.25) is 4.79 Å². The number of thioether (sulfide) groups is 1. The number of halogens is 2. The van der Waals surface area contributed by atoms with E-state index >= 15 is 0 Å². The number of alkyl halides is 2. The minimum atomic E-state index is -2.61. The summed E-state index contributed by atoms with van der Waals surface area (Å²) >= 11 is 0.271. The average Bonchev–Trinajstić information content (AvgIpc) is 3.04. The van der Waals surface area contributed by atoms with Gasteiger partial charge in [-0.1, -0.05) is 0 Å². The van der Waals surface area contributed by atoms with Gasteiger partial charge >= 0.3 is 0 Å². The van der Waals surface area contributed by atoms with Crippen LogP contribution in [0.25, 0.3) is 0 Å². The first kappa shape index (κ1) is 18.1. The Morgan fingerprint density at radius 1 is 1.57 bits per heavy atom. The number of hydrogen-bond donors (Lipinski definition) is 1. The standard InChI is InChI=1S/C15H20F2N2O3S/c16-15(17)23-14-12(5-1-6-19-14)13(20)18-7-3-8-21-10-11-4-2-9-22-11/h1,5-6,11,15H,2-4,7-10H2,(H,18,20). The minimum Gasteiger partial charge on any atom is -0.379 e. The predicted molar refractivity (Wildman–Crippen MR) is 82.8 cm³/mol. The van der Waals surface area contributed by atoms with Gasteiger partial charge in [0.15, 0.2) is 0 Å². The van der Waals surface area contributed by atoms with Gasteiger partial charge in [-0.2, -0.15) is 8.78 Å². The summed E-state index contributed by atoms with van der Waals surface area (Å²) in [5.41, 5.74) is 0.165. The number of carbonyl (C=O) groups is 1. The van der Waals surface area contributed by atoms with Crippen LogP contribution < -0.4 is 5.32 Å². The van der Waals surface area contributed by atoms with Gasteiger partial charge in [0.05, 0.1) is 18.3 Å². The lowest BCUT2D eigenvalue weighted by atomic mass is 10.2. The van der Waals surface area contributed by atoms with Gasteiger partial charge in [-0.05, 0) is 43.2 Å². The monoisotopic (exact) mass is 346 g/mol. The largest absolute Gasteiger partial charge is 0.379 e. The number of carbonyl (C=O) groups excluding carboxylic acids is 1. The molecule has 1 unspecified atom stereocenters. The Hall–Kier alpha value is -1.25. The normalized spacial score (nSPS) is 17.6. The number of pyridine rings is 1. The first-order chi connectivity index (χ1) is 11.2. The lowest BCUT2D eigenvalue weighted by molar-refractivity contribution is 0.0166. The third-order valence-corrected chi connectivity index (χ3v) is 4.02. The van der Waals surface area contributed by atoms with Gasteiger partial charge in [0.25, 0.3) is 11.7 Å². The molecule has 1 aromatic rings. The van der Waals surface area contributed by atoms with Crippen molar-refractivity contribution < 1.29 is 23.0 Å². The highest BCUT2D eigenvalue weighted by atomic mass is 32.2. The number of hydrogen-bond acceptors (Lipinski definition) is 5. The van der Waals surface area contributed by atoms with Crippen LogP contribution in [0.15, 0.2) is 23.4 Å². The molecule has 5 nitrogen and oxygen atoms in total. The quantitative estimate of drug-likeness (QED) is 0.550. The van der Waals surface area contributed by atoms with E-state index in [4.69, 9.17) is 9.47 Å². The topological polar surface area (TPSA) is 60.5 Å². The second-order valence-corrected chi connectivity index (χ2v) is 6.03. The van der Waals surface area contributed by atoms with Crippen LogP contribution in [-0.2, 0) is 9.47 Å². The summed E-state index contributed by atoms with van der Waals surface area (Å²) in [4.78, 5) is 15.8. The van der Waals surface area contributed by atoms with E-state index in [0.717, 1.165) is 19.4 Å². The zero-order chi connectivity index (χ0) is 16.5. The van der Waals surface area contributed by atoms with Crippen molar-refractivity contribution in [2.75, 3.05) is 26.4 Å².